The molecule has 0 radical (unpaired) electrons. The van der Waals surface area contributed by atoms with Crippen molar-refractivity contribution in [2.75, 3.05) is 12.4 Å². The molecule has 2 aromatic heterocycles. The maximum Gasteiger partial charge on any atom is 0.253 e. The summed E-state index contributed by atoms with van der Waals surface area (Å²) in [6.45, 7) is 0.911. The number of amides is 1. The van der Waals surface area contributed by atoms with Crippen molar-refractivity contribution in [3.63, 3.8) is 0 Å². The van der Waals surface area contributed by atoms with E-state index in [1.165, 1.54) is 6.20 Å². The number of furan rings is 1. The number of pyridine rings is 1. The fourth-order valence-electron chi connectivity index (χ4n) is 2.39. The van der Waals surface area contributed by atoms with E-state index in [-0.39, 0.29) is 5.91 Å². The van der Waals surface area contributed by atoms with E-state index >= 15 is 0 Å². The van der Waals surface area contributed by atoms with Crippen LogP contribution in [0, 0.1) is 0 Å². The largest absolute Gasteiger partial charge is 0.496 e. The highest BCUT2D eigenvalue weighted by molar-refractivity contribution is 5.94. The number of hydrogen-bond acceptors (Lipinski definition) is 5. The van der Waals surface area contributed by atoms with Crippen LogP contribution in [0.4, 0.5) is 5.69 Å². The van der Waals surface area contributed by atoms with Crippen LogP contribution in [0.25, 0.3) is 0 Å². The Kier molecular flexibility index (Phi) is 5.31. The van der Waals surface area contributed by atoms with Crippen LogP contribution >= 0.6 is 0 Å². The standard InChI is InChI=1S/C19H19N3O3/c1-24-18-7-3-2-5-14(18)11-22-19(23)15-9-16(12-20-10-15)21-13-17-6-4-8-25-17/h2-10,12,21H,11,13H2,1H3,(H,22,23). The molecule has 25 heavy (non-hydrogen) atoms. The molecule has 0 bridgehead atoms. The first-order chi connectivity index (χ1) is 12.3. The van der Waals surface area contributed by atoms with Gasteiger partial charge in [-0.2, -0.15) is 0 Å². The van der Waals surface area contributed by atoms with Gasteiger partial charge in [-0.1, -0.05) is 18.2 Å². The number of carbonyl (C=O) groups is 1. The minimum atomic E-state index is -0.194. The van der Waals surface area contributed by atoms with Crippen molar-refractivity contribution >= 4 is 11.6 Å². The van der Waals surface area contributed by atoms with E-state index in [9.17, 15) is 4.79 Å². The molecule has 0 saturated heterocycles. The molecule has 1 amide bonds. The molecule has 3 rings (SSSR count). The van der Waals surface area contributed by atoms with Crippen molar-refractivity contribution < 1.29 is 13.9 Å². The minimum absolute atomic E-state index is 0.194. The van der Waals surface area contributed by atoms with Crippen LogP contribution in [-0.4, -0.2) is 18.0 Å². The maximum absolute atomic E-state index is 12.4. The molecule has 0 unspecified atom stereocenters. The molecule has 3 aromatic rings. The first-order valence-corrected chi connectivity index (χ1v) is 7.87. The molecule has 0 aliphatic carbocycles. The summed E-state index contributed by atoms with van der Waals surface area (Å²) in [6, 6.07) is 13.0. The average molecular weight is 337 g/mol. The number of hydrogen-bond donors (Lipinski definition) is 2. The molecule has 0 spiro atoms. The summed E-state index contributed by atoms with van der Waals surface area (Å²) < 4.78 is 10.6. The summed E-state index contributed by atoms with van der Waals surface area (Å²) in [5, 5.41) is 6.06. The summed E-state index contributed by atoms with van der Waals surface area (Å²) in [7, 11) is 1.61. The zero-order valence-corrected chi connectivity index (χ0v) is 13.9. The molecule has 0 atom stereocenters. The van der Waals surface area contributed by atoms with Gasteiger partial charge in [0.1, 0.15) is 11.5 Å². The van der Waals surface area contributed by atoms with Gasteiger partial charge in [-0.25, -0.2) is 0 Å². The van der Waals surface area contributed by atoms with Gasteiger partial charge < -0.3 is 19.8 Å². The number of para-hydroxylation sites is 1. The third-order valence-electron chi connectivity index (χ3n) is 3.68. The van der Waals surface area contributed by atoms with E-state index in [1.807, 2.05) is 36.4 Å². The monoisotopic (exact) mass is 337 g/mol. The number of carbonyl (C=O) groups excluding carboxylic acids is 1. The first kappa shape index (κ1) is 16.6. The normalized spacial score (nSPS) is 10.3. The van der Waals surface area contributed by atoms with Crippen LogP contribution in [0.2, 0.25) is 0 Å². The lowest BCUT2D eigenvalue weighted by Crippen LogP contribution is -2.23. The van der Waals surface area contributed by atoms with E-state index in [2.05, 4.69) is 15.6 Å². The molecule has 2 heterocycles. The van der Waals surface area contributed by atoms with Crippen LogP contribution in [0.3, 0.4) is 0 Å². The lowest BCUT2D eigenvalue weighted by molar-refractivity contribution is 0.0950. The van der Waals surface area contributed by atoms with Crippen molar-refractivity contribution in [1.82, 2.24) is 10.3 Å². The second kappa shape index (κ2) is 8.01. The summed E-state index contributed by atoms with van der Waals surface area (Å²) in [5.74, 6) is 1.36. The lowest BCUT2D eigenvalue weighted by Gasteiger charge is -2.10. The van der Waals surface area contributed by atoms with Crippen molar-refractivity contribution in [3.05, 3.63) is 78.0 Å². The number of anilines is 1. The zero-order chi connectivity index (χ0) is 17.5. The Morgan fingerprint density at radius 3 is 2.84 bits per heavy atom. The Balaban J connectivity index is 1.61. The Bertz CT molecular complexity index is 831. The Hall–Kier alpha value is -3.28. The summed E-state index contributed by atoms with van der Waals surface area (Å²) in [5.41, 5.74) is 2.15. The van der Waals surface area contributed by atoms with E-state index in [0.717, 1.165) is 22.8 Å². The van der Waals surface area contributed by atoms with Crippen LogP contribution < -0.4 is 15.4 Å². The summed E-state index contributed by atoms with van der Waals surface area (Å²) in [4.78, 5) is 16.5. The molecule has 0 fully saturated rings. The second-order valence-electron chi connectivity index (χ2n) is 5.39. The number of benzene rings is 1. The topological polar surface area (TPSA) is 76.4 Å². The molecule has 2 N–H and O–H groups in total. The van der Waals surface area contributed by atoms with Gasteiger partial charge in [-0.3, -0.25) is 9.78 Å². The number of aromatic nitrogens is 1. The van der Waals surface area contributed by atoms with Gasteiger partial charge in [0.2, 0.25) is 0 Å². The van der Waals surface area contributed by atoms with Gasteiger partial charge in [0.25, 0.3) is 5.91 Å². The molecule has 6 nitrogen and oxygen atoms in total. The first-order valence-electron chi connectivity index (χ1n) is 7.87. The molecule has 0 saturated carbocycles. The molecular formula is C19H19N3O3. The third-order valence-corrected chi connectivity index (χ3v) is 3.68. The van der Waals surface area contributed by atoms with Gasteiger partial charge >= 0.3 is 0 Å². The second-order valence-corrected chi connectivity index (χ2v) is 5.39. The SMILES string of the molecule is COc1ccccc1CNC(=O)c1cncc(NCc2ccco2)c1. The van der Waals surface area contributed by atoms with E-state index < -0.39 is 0 Å². The number of nitrogens with zero attached hydrogens (tertiary/aromatic N) is 1. The van der Waals surface area contributed by atoms with E-state index in [1.54, 1.807) is 25.6 Å². The van der Waals surface area contributed by atoms with Crippen molar-refractivity contribution in [2.24, 2.45) is 0 Å². The average Bonchev–Trinajstić information content (AvgIpc) is 3.18. The summed E-state index contributed by atoms with van der Waals surface area (Å²) in [6.07, 6.45) is 4.83. The maximum atomic E-state index is 12.4. The Labute approximate surface area is 145 Å². The van der Waals surface area contributed by atoms with Crippen LogP contribution in [0.5, 0.6) is 5.75 Å². The summed E-state index contributed by atoms with van der Waals surface area (Å²) >= 11 is 0. The number of nitrogens with one attached hydrogen (secondary N) is 2. The van der Waals surface area contributed by atoms with Gasteiger partial charge in [-0.15, -0.1) is 0 Å². The Morgan fingerprint density at radius 2 is 2.04 bits per heavy atom. The fraction of sp³-hybridized carbons (Fsp3) is 0.158. The van der Waals surface area contributed by atoms with Gasteiger partial charge in [0, 0.05) is 24.5 Å². The minimum Gasteiger partial charge on any atom is -0.496 e. The third kappa shape index (κ3) is 4.38. The highest BCUT2D eigenvalue weighted by Crippen LogP contribution is 2.17. The predicted molar refractivity (Wildman–Crippen MR) is 94.4 cm³/mol. The quantitative estimate of drug-likeness (QED) is 0.692. The van der Waals surface area contributed by atoms with Crippen molar-refractivity contribution in [3.8, 4) is 5.75 Å². The van der Waals surface area contributed by atoms with Crippen LogP contribution in [-0.2, 0) is 13.1 Å². The predicted octanol–water partition coefficient (Wildman–Crippen LogP) is 3.23. The molecule has 128 valence electrons. The zero-order valence-electron chi connectivity index (χ0n) is 13.9. The van der Waals surface area contributed by atoms with Gasteiger partial charge in [0.15, 0.2) is 0 Å². The highest BCUT2D eigenvalue weighted by atomic mass is 16.5. The van der Waals surface area contributed by atoms with Crippen LogP contribution in [0.1, 0.15) is 21.7 Å². The number of rotatable bonds is 7. The van der Waals surface area contributed by atoms with Crippen molar-refractivity contribution in [1.29, 1.82) is 0 Å². The lowest BCUT2D eigenvalue weighted by atomic mass is 10.2. The molecular weight excluding hydrogens is 318 g/mol. The molecule has 0 aliphatic rings. The molecule has 0 aliphatic heterocycles. The fourth-order valence-corrected chi connectivity index (χ4v) is 2.39. The van der Waals surface area contributed by atoms with Gasteiger partial charge in [0.05, 0.1) is 31.2 Å². The molecule has 1 aromatic carbocycles. The smallest absolute Gasteiger partial charge is 0.253 e. The van der Waals surface area contributed by atoms with E-state index in [4.69, 9.17) is 9.15 Å². The van der Waals surface area contributed by atoms with Gasteiger partial charge in [-0.05, 0) is 24.3 Å². The van der Waals surface area contributed by atoms with Crippen molar-refractivity contribution in [2.45, 2.75) is 13.1 Å². The Morgan fingerprint density at radius 1 is 1.16 bits per heavy atom. The number of ether oxygens (including phenoxy) is 1. The number of methoxy groups -OCH3 is 1. The highest BCUT2D eigenvalue weighted by Gasteiger charge is 2.09. The van der Waals surface area contributed by atoms with E-state index in [0.29, 0.717) is 18.7 Å². The van der Waals surface area contributed by atoms with Crippen LogP contribution in [0.15, 0.2) is 65.5 Å². The molecule has 6 heteroatoms.